The summed E-state index contributed by atoms with van der Waals surface area (Å²) in [5.74, 6) is 0.413. The van der Waals surface area contributed by atoms with Gasteiger partial charge in [-0.1, -0.05) is 5.57 Å². The third-order valence-electron chi connectivity index (χ3n) is 7.44. The fraction of sp³-hybridized carbons (Fsp3) is 0.346. The average molecular weight is 473 g/mol. The van der Waals surface area contributed by atoms with Crippen LogP contribution in [-0.4, -0.2) is 42.2 Å². The van der Waals surface area contributed by atoms with Crippen molar-refractivity contribution in [2.75, 3.05) is 7.11 Å². The average Bonchev–Trinajstić information content (AvgIpc) is 3.57. The summed E-state index contributed by atoms with van der Waals surface area (Å²) in [7, 11) is 1.41. The number of aromatic nitrogens is 6. The number of hydrogen-bond donors (Lipinski definition) is 0. The van der Waals surface area contributed by atoms with Crippen molar-refractivity contribution < 1.29 is 13.9 Å². The van der Waals surface area contributed by atoms with Crippen molar-refractivity contribution in [3.63, 3.8) is 0 Å². The fourth-order valence-corrected chi connectivity index (χ4v) is 5.51. The number of aryl methyl sites for hydroxylation is 1. The Kier molecular flexibility index (Phi) is 5.01. The van der Waals surface area contributed by atoms with Gasteiger partial charge in [0.25, 0.3) is 0 Å². The monoisotopic (exact) mass is 472 g/mol. The van der Waals surface area contributed by atoms with Crippen molar-refractivity contribution in [3.05, 3.63) is 65.8 Å². The number of esters is 1. The van der Waals surface area contributed by atoms with E-state index in [0.717, 1.165) is 72.6 Å². The number of fused-ring (bicyclic) bond motifs is 3. The van der Waals surface area contributed by atoms with Gasteiger partial charge < -0.3 is 9.30 Å². The van der Waals surface area contributed by atoms with Crippen LogP contribution in [0.25, 0.3) is 28.3 Å². The van der Waals surface area contributed by atoms with Crippen LogP contribution in [0.4, 0.5) is 4.39 Å². The van der Waals surface area contributed by atoms with Crippen molar-refractivity contribution in [2.24, 2.45) is 0 Å². The molecule has 1 fully saturated rings. The third kappa shape index (κ3) is 3.53. The maximum Gasteiger partial charge on any atom is 0.330 e. The molecule has 0 N–H and O–H groups in total. The lowest BCUT2D eigenvalue weighted by Gasteiger charge is -2.33. The zero-order chi connectivity index (χ0) is 24.2. The Morgan fingerprint density at radius 1 is 1.14 bits per heavy atom. The summed E-state index contributed by atoms with van der Waals surface area (Å²) < 4.78 is 22.9. The number of methoxy groups -OCH3 is 1. The quantitative estimate of drug-likeness (QED) is 0.324. The Balaban J connectivity index is 1.47. The SMILES string of the molecule is COC(=O)C=C1CCC2(CC1)CCn1c2nc(-c2ccc(F)c(C)n2)c1-c1ccc2ncnn2c1. The zero-order valence-corrected chi connectivity index (χ0v) is 19.7. The van der Waals surface area contributed by atoms with Gasteiger partial charge in [-0.2, -0.15) is 5.10 Å². The molecule has 2 aliphatic rings. The molecule has 4 aromatic heterocycles. The second-order valence-electron chi connectivity index (χ2n) is 9.38. The molecule has 5 heterocycles. The van der Waals surface area contributed by atoms with Crippen LogP contribution in [-0.2, 0) is 21.5 Å². The molecular formula is C26H25FN6O2. The Labute approximate surface area is 201 Å². The number of rotatable bonds is 3. The van der Waals surface area contributed by atoms with Gasteiger partial charge in [0.05, 0.1) is 24.2 Å². The van der Waals surface area contributed by atoms with Gasteiger partial charge in [0, 0.05) is 29.8 Å². The molecule has 0 radical (unpaired) electrons. The number of carbonyl (C=O) groups is 1. The van der Waals surface area contributed by atoms with E-state index in [4.69, 9.17) is 9.72 Å². The van der Waals surface area contributed by atoms with E-state index in [2.05, 4.69) is 19.6 Å². The fourth-order valence-electron chi connectivity index (χ4n) is 5.51. The van der Waals surface area contributed by atoms with E-state index in [1.54, 1.807) is 23.6 Å². The highest BCUT2D eigenvalue weighted by atomic mass is 19.1. The second-order valence-corrected chi connectivity index (χ2v) is 9.38. The van der Waals surface area contributed by atoms with Crippen LogP contribution >= 0.6 is 0 Å². The van der Waals surface area contributed by atoms with Crippen molar-refractivity contribution in [2.45, 2.75) is 51.0 Å². The summed E-state index contributed by atoms with van der Waals surface area (Å²) in [4.78, 5) is 25.7. The standard InChI is InChI=1S/C26H25FN6O2/c1-16-19(27)4-5-20(30-16)23-24(18-3-6-21-28-15-29-33(21)14-18)32-12-11-26(25(32)31-23)9-7-17(8-10-26)13-22(34)35-2/h3-6,13-15H,7-12H2,1-2H3. The van der Waals surface area contributed by atoms with Gasteiger partial charge >= 0.3 is 5.97 Å². The molecule has 178 valence electrons. The number of allylic oxidation sites excluding steroid dienone is 1. The first-order chi connectivity index (χ1) is 17.0. The predicted molar refractivity (Wildman–Crippen MR) is 127 cm³/mol. The van der Waals surface area contributed by atoms with Crippen molar-refractivity contribution in [1.82, 2.24) is 29.1 Å². The van der Waals surface area contributed by atoms with Gasteiger partial charge in [-0.05, 0) is 63.3 Å². The molecule has 0 amide bonds. The Hall–Kier alpha value is -3.88. The minimum absolute atomic E-state index is 0.0626. The smallest absolute Gasteiger partial charge is 0.330 e. The van der Waals surface area contributed by atoms with Crippen LogP contribution in [0, 0.1) is 12.7 Å². The zero-order valence-electron chi connectivity index (χ0n) is 19.7. The summed E-state index contributed by atoms with van der Waals surface area (Å²) in [6, 6.07) is 7.11. The molecule has 4 aromatic rings. The summed E-state index contributed by atoms with van der Waals surface area (Å²) in [6.07, 6.45) is 9.63. The molecule has 35 heavy (non-hydrogen) atoms. The molecule has 0 saturated heterocycles. The lowest BCUT2D eigenvalue weighted by Crippen LogP contribution is -2.28. The third-order valence-corrected chi connectivity index (χ3v) is 7.44. The molecule has 1 spiro atoms. The van der Waals surface area contributed by atoms with Gasteiger partial charge in [-0.3, -0.25) is 0 Å². The molecule has 0 atom stereocenters. The van der Waals surface area contributed by atoms with Gasteiger partial charge in [-0.25, -0.2) is 28.7 Å². The van der Waals surface area contributed by atoms with E-state index < -0.39 is 0 Å². The van der Waals surface area contributed by atoms with E-state index >= 15 is 0 Å². The number of carbonyl (C=O) groups excluding carboxylic acids is 1. The van der Waals surface area contributed by atoms with Gasteiger partial charge in [0.15, 0.2) is 5.65 Å². The topological polar surface area (TPSA) is 87.2 Å². The van der Waals surface area contributed by atoms with Crippen LogP contribution < -0.4 is 0 Å². The molecular weight excluding hydrogens is 447 g/mol. The number of imidazole rings is 1. The molecule has 1 aliphatic heterocycles. The molecule has 8 nitrogen and oxygen atoms in total. The lowest BCUT2D eigenvalue weighted by molar-refractivity contribution is -0.134. The number of nitrogens with zero attached hydrogens (tertiary/aromatic N) is 6. The lowest BCUT2D eigenvalue weighted by atomic mass is 9.71. The van der Waals surface area contributed by atoms with E-state index in [1.165, 1.54) is 19.5 Å². The Morgan fingerprint density at radius 2 is 1.97 bits per heavy atom. The highest BCUT2D eigenvalue weighted by Crippen LogP contribution is 2.50. The summed E-state index contributed by atoms with van der Waals surface area (Å²) in [5.41, 5.74) is 5.49. The van der Waals surface area contributed by atoms with E-state index in [0.29, 0.717) is 11.4 Å². The summed E-state index contributed by atoms with van der Waals surface area (Å²) >= 11 is 0. The van der Waals surface area contributed by atoms with E-state index in [-0.39, 0.29) is 17.2 Å². The normalized spacial score (nSPS) is 19.3. The van der Waals surface area contributed by atoms with Crippen LogP contribution in [0.15, 0.2) is 48.4 Å². The molecule has 0 bridgehead atoms. The van der Waals surface area contributed by atoms with Crippen LogP contribution in [0.1, 0.15) is 43.6 Å². The predicted octanol–water partition coefficient (Wildman–Crippen LogP) is 4.42. The number of ether oxygens (including phenoxy) is 1. The maximum absolute atomic E-state index is 14.0. The number of hydrogen-bond acceptors (Lipinski definition) is 6. The first kappa shape index (κ1) is 21.6. The van der Waals surface area contributed by atoms with Gasteiger partial charge in [-0.15, -0.1) is 0 Å². The first-order valence-electron chi connectivity index (χ1n) is 11.8. The molecule has 9 heteroatoms. The molecule has 1 aliphatic carbocycles. The second kappa shape index (κ2) is 8.11. The minimum atomic E-state index is -0.334. The van der Waals surface area contributed by atoms with E-state index in [1.807, 2.05) is 18.3 Å². The number of pyridine rings is 2. The van der Waals surface area contributed by atoms with Crippen molar-refractivity contribution in [1.29, 1.82) is 0 Å². The summed E-state index contributed by atoms with van der Waals surface area (Å²) in [6.45, 7) is 2.50. The van der Waals surface area contributed by atoms with Crippen molar-refractivity contribution >= 4 is 11.6 Å². The van der Waals surface area contributed by atoms with Crippen LogP contribution in [0.5, 0.6) is 0 Å². The molecule has 0 aromatic carbocycles. The molecule has 1 saturated carbocycles. The van der Waals surface area contributed by atoms with Crippen molar-refractivity contribution in [3.8, 4) is 22.6 Å². The van der Waals surface area contributed by atoms with Gasteiger partial charge in [0.2, 0.25) is 0 Å². The van der Waals surface area contributed by atoms with E-state index in [9.17, 15) is 9.18 Å². The highest BCUT2D eigenvalue weighted by molar-refractivity contribution is 5.82. The Bertz CT molecular complexity index is 1490. The Morgan fingerprint density at radius 3 is 2.74 bits per heavy atom. The highest BCUT2D eigenvalue weighted by Gasteiger charge is 2.44. The number of halogens is 1. The summed E-state index contributed by atoms with van der Waals surface area (Å²) in [5, 5.41) is 4.30. The van der Waals surface area contributed by atoms with Crippen LogP contribution in [0.3, 0.4) is 0 Å². The molecule has 6 rings (SSSR count). The largest absolute Gasteiger partial charge is 0.466 e. The van der Waals surface area contributed by atoms with Crippen LogP contribution in [0.2, 0.25) is 0 Å². The minimum Gasteiger partial charge on any atom is -0.466 e. The van der Waals surface area contributed by atoms with Gasteiger partial charge in [0.1, 0.15) is 23.7 Å². The maximum atomic E-state index is 14.0. The molecule has 0 unspecified atom stereocenters. The first-order valence-corrected chi connectivity index (χ1v) is 11.8.